The molecule has 4 N–H and O–H groups in total. The SMILES string of the molecule is NC1CCN(C(CO)CO)C1=O. The molecule has 70 valence electrons. The number of rotatable bonds is 3. The number of nitrogens with two attached hydrogens (primary N) is 1. The quantitative estimate of drug-likeness (QED) is 0.457. The number of aliphatic hydroxyl groups is 2. The van der Waals surface area contributed by atoms with Crippen molar-refractivity contribution in [2.24, 2.45) is 5.73 Å². The minimum absolute atomic E-state index is 0.178. The van der Waals surface area contributed by atoms with Gasteiger partial charge in [0, 0.05) is 6.54 Å². The summed E-state index contributed by atoms with van der Waals surface area (Å²) in [5.74, 6) is -0.178. The molecule has 1 rings (SSSR count). The van der Waals surface area contributed by atoms with Gasteiger partial charge in [-0.1, -0.05) is 0 Å². The van der Waals surface area contributed by atoms with Crippen LogP contribution < -0.4 is 5.73 Å². The summed E-state index contributed by atoms with van der Waals surface area (Å²) in [5.41, 5.74) is 5.46. The van der Waals surface area contributed by atoms with Gasteiger partial charge in [0.1, 0.15) is 0 Å². The Bertz CT molecular complexity index is 170. The van der Waals surface area contributed by atoms with Crippen LogP contribution in [0.15, 0.2) is 0 Å². The van der Waals surface area contributed by atoms with Crippen molar-refractivity contribution in [3.05, 3.63) is 0 Å². The molecule has 5 nitrogen and oxygen atoms in total. The van der Waals surface area contributed by atoms with E-state index in [0.717, 1.165) is 0 Å². The molecule has 1 heterocycles. The molecule has 1 fully saturated rings. The zero-order chi connectivity index (χ0) is 9.14. The second kappa shape index (κ2) is 3.84. The van der Waals surface area contributed by atoms with Gasteiger partial charge in [-0.15, -0.1) is 0 Å². The Labute approximate surface area is 70.8 Å². The van der Waals surface area contributed by atoms with Crippen molar-refractivity contribution in [1.29, 1.82) is 0 Å². The van der Waals surface area contributed by atoms with E-state index in [9.17, 15) is 4.79 Å². The Morgan fingerprint density at radius 2 is 2.17 bits per heavy atom. The van der Waals surface area contributed by atoms with Gasteiger partial charge in [-0.3, -0.25) is 4.79 Å². The Morgan fingerprint density at radius 3 is 2.50 bits per heavy atom. The van der Waals surface area contributed by atoms with Crippen LogP contribution in [0.5, 0.6) is 0 Å². The molecule has 0 aromatic carbocycles. The number of aliphatic hydroxyl groups excluding tert-OH is 2. The number of carbonyl (C=O) groups excluding carboxylic acids is 1. The highest BCUT2D eigenvalue weighted by molar-refractivity contribution is 5.84. The third-order valence-corrected chi connectivity index (χ3v) is 2.14. The van der Waals surface area contributed by atoms with E-state index in [2.05, 4.69) is 0 Å². The van der Waals surface area contributed by atoms with E-state index in [4.69, 9.17) is 15.9 Å². The predicted molar refractivity (Wildman–Crippen MR) is 42.3 cm³/mol. The largest absolute Gasteiger partial charge is 0.394 e. The fourth-order valence-corrected chi connectivity index (χ4v) is 1.34. The molecule has 1 unspecified atom stereocenters. The molecule has 0 aliphatic carbocycles. The molecule has 0 aromatic rings. The van der Waals surface area contributed by atoms with Gasteiger partial charge in [0.2, 0.25) is 5.91 Å². The molecule has 12 heavy (non-hydrogen) atoms. The summed E-state index contributed by atoms with van der Waals surface area (Å²) in [6.45, 7) is 0.107. The Balaban J connectivity index is 2.57. The summed E-state index contributed by atoms with van der Waals surface area (Å²) in [6.07, 6.45) is 0.606. The van der Waals surface area contributed by atoms with Crippen molar-refractivity contribution in [2.75, 3.05) is 19.8 Å². The Kier molecular flexibility index (Phi) is 3.02. The second-order valence-electron chi connectivity index (χ2n) is 2.95. The first-order chi connectivity index (χ1) is 5.70. The first-order valence-corrected chi connectivity index (χ1v) is 3.98. The van der Waals surface area contributed by atoms with Crippen LogP contribution in [0.3, 0.4) is 0 Å². The van der Waals surface area contributed by atoms with Crippen LogP contribution in [0.4, 0.5) is 0 Å². The van der Waals surface area contributed by atoms with Crippen molar-refractivity contribution in [2.45, 2.75) is 18.5 Å². The third-order valence-electron chi connectivity index (χ3n) is 2.14. The van der Waals surface area contributed by atoms with Gasteiger partial charge in [-0.25, -0.2) is 0 Å². The van der Waals surface area contributed by atoms with E-state index < -0.39 is 12.1 Å². The second-order valence-corrected chi connectivity index (χ2v) is 2.95. The van der Waals surface area contributed by atoms with Gasteiger partial charge in [0.25, 0.3) is 0 Å². The standard InChI is InChI=1S/C7H14N2O3/c8-6-1-2-9(7(6)12)5(3-10)4-11/h5-6,10-11H,1-4,8H2. The van der Waals surface area contributed by atoms with Crippen LogP contribution >= 0.6 is 0 Å². The number of nitrogens with zero attached hydrogens (tertiary/aromatic N) is 1. The van der Waals surface area contributed by atoms with Crippen LogP contribution in [-0.4, -0.2) is 52.9 Å². The minimum Gasteiger partial charge on any atom is -0.394 e. The van der Waals surface area contributed by atoms with E-state index in [1.165, 1.54) is 4.90 Å². The Morgan fingerprint density at radius 1 is 1.58 bits per heavy atom. The number of amides is 1. The summed E-state index contributed by atoms with van der Waals surface area (Å²) in [7, 11) is 0. The zero-order valence-electron chi connectivity index (χ0n) is 6.81. The molecular formula is C7H14N2O3. The summed E-state index contributed by atoms with van der Waals surface area (Å²) in [6, 6.07) is -0.934. The van der Waals surface area contributed by atoms with E-state index in [-0.39, 0.29) is 19.1 Å². The number of hydrogen-bond acceptors (Lipinski definition) is 4. The van der Waals surface area contributed by atoms with Crippen molar-refractivity contribution >= 4 is 5.91 Å². The monoisotopic (exact) mass is 174 g/mol. The highest BCUT2D eigenvalue weighted by atomic mass is 16.3. The number of likely N-dealkylation sites (tertiary alicyclic amines) is 1. The van der Waals surface area contributed by atoms with Crippen LogP contribution in [0.2, 0.25) is 0 Å². The lowest BCUT2D eigenvalue weighted by molar-refractivity contribution is -0.132. The maximum atomic E-state index is 11.2. The number of hydrogen-bond donors (Lipinski definition) is 3. The first kappa shape index (κ1) is 9.44. The van der Waals surface area contributed by atoms with E-state index >= 15 is 0 Å². The summed E-state index contributed by atoms with van der Waals surface area (Å²) >= 11 is 0. The molecule has 1 saturated heterocycles. The lowest BCUT2D eigenvalue weighted by atomic mass is 10.3. The minimum atomic E-state index is -0.481. The zero-order valence-corrected chi connectivity index (χ0v) is 6.81. The van der Waals surface area contributed by atoms with Gasteiger partial charge in [0.05, 0.1) is 25.3 Å². The van der Waals surface area contributed by atoms with Crippen molar-refractivity contribution in [3.63, 3.8) is 0 Å². The summed E-state index contributed by atoms with van der Waals surface area (Å²) in [5, 5.41) is 17.6. The van der Waals surface area contributed by atoms with Crippen LogP contribution in [0.1, 0.15) is 6.42 Å². The fraction of sp³-hybridized carbons (Fsp3) is 0.857. The van der Waals surface area contributed by atoms with Gasteiger partial charge in [-0.05, 0) is 6.42 Å². The van der Waals surface area contributed by atoms with Crippen LogP contribution in [-0.2, 0) is 4.79 Å². The normalized spacial score (nSPS) is 24.2. The van der Waals surface area contributed by atoms with Gasteiger partial charge < -0.3 is 20.8 Å². The number of carbonyl (C=O) groups is 1. The molecule has 5 heteroatoms. The molecule has 0 spiro atoms. The van der Waals surface area contributed by atoms with Gasteiger partial charge in [0.15, 0.2) is 0 Å². The fourth-order valence-electron chi connectivity index (χ4n) is 1.34. The molecule has 0 saturated carbocycles. The summed E-state index contributed by atoms with van der Waals surface area (Å²) < 4.78 is 0. The van der Waals surface area contributed by atoms with Crippen molar-refractivity contribution in [1.82, 2.24) is 4.90 Å². The maximum Gasteiger partial charge on any atom is 0.239 e. The van der Waals surface area contributed by atoms with Crippen LogP contribution in [0, 0.1) is 0 Å². The van der Waals surface area contributed by atoms with Crippen LogP contribution in [0.25, 0.3) is 0 Å². The van der Waals surface area contributed by atoms with Gasteiger partial charge in [-0.2, -0.15) is 0 Å². The van der Waals surface area contributed by atoms with Crippen molar-refractivity contribution in [3.8, 4) is 0 Å². The third kappa shape index (κ3) is 1.57. The first-order valence-electron chi connectivity index (χ1n) is 3.98. The average Bonchev–Trinajstić information content (AvgIpc) is 2.38. The predicted octanol–water partition coefficient (Wildman–Crippen LogP) is -2.10. The van der Waals surface area contributed by atoms with E-state index in [0.29, 0.717) is 13.0 Å². The van der Waals surface area contributed by atoms with E-state index in [1.807, 2.05) is 0 Å². The molecule has 0 bridgehead atoms. The summed E-state index contributed by atoms with van der Waals surface area (Å²) in [4.78, 5) is 12.7. The molecule has 1 atom stereocenters. The highest BCUT2D eigenvalue weighted by Gasteiger charge is 2.32. The maximum absolute atomic E-state index is 11.2. The molecule has 0 aromatic heterocycles. The molecule has 0 radical (unpaired) electrons. The van der Waals surface area contributed by atoms with Gasteiger partial charge >= 0.3 is 0 Å². The smallest absolute Gasteiger partial charge is 0.239 e. The molecule has 1 aliphatic heterocycles. The average molecular weight is 174 g/mol. The Hall–Kier alpha value is -0.650. The molecular weight excluding hydrogens is 160 g/mol. The van der Waals surface area contributed by atoms with Crippen molar-refractivity contribution < 1.29 is 15.0 Å². The highest BCUT2D eigenvalue weighted by Crippen LogP contribution is 2.12. The molecule has 1 aliphatic rings. The lowest BCUT2D eigenvalue weighted by Gasteiger charge is -2.24. The lowest BCUT2D eigenvalue weighted by Crippen LogP contribution is -2.44. The topological polar surface area (TPSA) is 86.8 Å². The molecule has 1 amide bonds. The van der Waals surface area contributed by atoms with E-state index in [1.54, 1.807) is 0 Å².